The molecule has 0 unspecified atom stereocenters. The second-order valence-corrected chi connectivity index (χ2v) is 8.54. The van der Waals surface area contributed by atoms with Crippen molar-refractivity contribution in [2.45, 2.75) is 73.3 Å². The number of hydrogen-bond acceptors (Lipinski definition) is 6. The van der Waals surface area contributed by atoms with Gasteiger partial charge < -0.3 is 18.9 Å². The Morgan fingerprint density at radius 2 is 1.41 bits per heavy atom. The molecule has 0 amide bonds. The monoisotopic (exact) mass is 396 g/mol. The van der Waals surface area contributed by atoms with E-state index < -0.39 is 11.6 Å². The molecule has 2 aromatic rings. The van der Waals surface area contributed by atoms with E-state index in [1.54, 1.807) is 0 Å². The molecular formula is C23H28N2O4. The highest BCUT2D eigenvalue weighted by molar-refractivity contribution is 5.73. The van der Waals surface area contributed by atoms with Gasteiger partial charge in [-0.1, -0.05) is 6.08 Å². The summed E-state index contributed by atoms with van der Waals surface area (Å²) in [6, 6.07) is 0. The number of aromatic nitrogens is 2. The summed E-state index contributed by atoms with van der Waals surface area (Å²) in [7, 11) is 0. The predicted octanol–water partition coefficient (Wildman–Crippen LogP) is 4.86. The SMILES string of the molecule is Cc1ncc(/C=C/c2nc(C)c3c(c2C)COC(C)(C)O3)c2c1OC(C)(C)OC2. The van der Waals surface area contributed by atoms with Crippen LogP contribution in [-0.4, -0.2) is 21.5 Å². The van der Waals surface area contributed by atoms with Gasteiger partial charge in [0.2, 0.25) is 11.6 Å². The first-order chi connectivity index (χ1) is 13.6. The number of nitrogens with zero attached hydrogens (tertiary/aromatic N) is 2. The maximum absolute atomic E-state index is 6.01. The van der Waals surface area contributed by atoms with Crippen molar-refractivity contribution in [1.29, 1.82) is 0 Å². The quantitative estimate of drug-likeness (QED) is 0.722. The molecule has 4 rings (SSSR count). The van der Waals surface area contributed by atoms with Crippen LogP contribution in [0.15, 0.2) is 6.20 Å². The fourth-order valence-corrected chi connectivity index (χ4v) is 3.62. The molecule has 0 atom stereocenters. The molecule has 2 aliphatic rings. The average Bonchev–Trinajstić information content (AvgIpc) is 2.64. The Hall–Kier alpha value is -2.44. The number of pyridine rings is 2. The van der Waals surface area contributed by atoms with Crippen LogP contribution in [0.3, 0.4) is 0 Å². The van der Waals surface area contributed by atoms with Crippen LogP contribution in [0.2, 0.25) is 0 Å². The topological polar surface area (TPSA) is 62.7 Å². The number of fused-ring (bicyclic) bond motifs is 2. The van der Waals surface area contributed by atoms with Gasteiger partial charge in [-0.25, -0.2) is 4.98 Å². The van der Waals surface area contributed by atoms with Crippen molar-refractivity contribution in [3.8, 4) is 11.5 Å². The van der Waals surface area contributed by atoms with E-state index in [0.717, 1.165) is 50.8 Å². The highest BCUT2D eigenvalue weighted by atomic mass is 16.7. The van der Waals surface area contributed by atoms with Crippen LogP contribution in [-0.2, 0) is 22.7 Å². The Kier molecular flexibility index (Phi) is 4.67. The summed E-state index contributed by atoms with van der Waals surface area (Å²) in [4.78, 5) is 9.27. The number of ether oxygens (including phenoxy) is 4. The second-order valence-electron chi connectivity index (χ2n) is 8.54. The standard InChI is InChI=1S/C23H28N2O4/c1-13-17-11-26-22(4,5)29-21(17)15(3)25-19(13)9-8-16-10-24-14(2)20-18(16)12-27-23(6,7)28-20/h8-10H,11-12H2,1-7H3/b9-8+. The summed E-state index contributed by atoms with van der Waals surface area (Å²) in [5, 5.41) is 0. The van der Waals surface area contributed by atoms with Gasteiger partial charge in [0.25, 0.3) is 0 Å². The average molecular weight is 396 g/mol. The van der Waals surface area contributed by atoms with Gasteiger partial charge in [0.1, 0.15) is 11.5 Å². The minimum Gasteiger partial charge on any atom is -0.461 e. The lowest BCUT2D eigenvalue weighted by Crippen LogP contribution is -2.36. The molecule has 0 N–H and O–H groups in total. The Morgan fingerprint density at radius 1 is 0.828 bits per heavy atom. The molecule has 0 saturated heterocycles. The fraction of sp³-hybridized carbons (Fsp3) is 0.478. The lowest BCUT2D eigenvalue weighted by Gasteiger charge is -2.34. The van der Waals surface area contributed by atoms with Crippen LogP contribution in [0.5, 0.6) is 11.5 Å². The summed E-state index contributed by atoms with van der Waals surface area (Å²) < 4.78 is 23.7. The fourth-order valence-electron chi connectivity index (χ4n) is 3.62. The van der Waals surface area contributed by atoms with E-state index in [1.807, 2.05) is 66.8 Å². The van der Waals surface area contributed by atoms with Gasteiger partial charge in [-0.05, 0) is 32.4 Å². The van der Waals surface area contributed by atoms with Gasteiger partial charge >= 0.3 is 0 Å². The zero-order chi connectivity index (χ0) is 21.0. The minimum absolute atomic E-state index is 0.484. The third-order valence-electron chi connectivity index (χ3n) is 5.32. The van der Waals surface area contributed by atoms with E-state index in [0.29, 0.717) is 13.2 Å². The zero-order valence-electron chi connectivity index (χ0n) is 18.2. The lowest BCUT2D eigenvalue weighted by atomic mass is 10.0. The van der Waals surface area contributed by atoms with Crippen molar-refractivity contribution in [2.75, 3.05) is 0 Å². The molecule has 29 heavy (non-hydrogen) atoms. The summed E-state index contributed by atoms with van der Waals surface area (Å²) in [6.07, 6.45) is 5.88. The van der Waals surface area contributed by atoms with Crippen LogP contribution in [0.4, 0.5) is 0 Å². The van der Waals surface area contributed by atoms with Crippen molar-refractivity contribution in [1.82, 2.24) is 9.97 Å². The molecule has 0 spiro atoms. The molecule has 0 saturated carbocycles. The molecule has 2 aliphatic heterocycles. The highest BCUT2D eigenvalue weighted by Gasteiger charge is 2.31. The van der Waals surface area contributed by atoms with E-state index >= 15 is 0 Å². The van der Waals surface area contributed by atoms with Crippen molar-refractivity contribution in [3.05, 3.63) is 45.5 Å². The Balaban J connectivity index is 1.70. The first kappa shape index (κ1) is 19.9. The van der Waals surface area contributed by atoms with Crippen LogP contribution < -0.4 is 9.47 Å². The Bertz CT molecular complexity index is 1010. The Labute approximate surface area is 171 Å². The molecule has 0 bridgehead atoms. The molecule has 4 heterocycles. The zero-order valence-corrected chi connectivity index (χ0v) is 18.2. The van der Waals surface area contributed by atoms with Gasteiger partial charge in [-0.15, -0.1) is 0 Å². The van der Waals surface area contributed by atoms with Crippen molar-refractivity contribution in [2.24, 2.45) is 0 Å². The highest BCUT2D eigenvalue weighted by Crippen LogP contribution is 2.38. The van der Waals surface area contributed by atoms with Crippen LogP contribution in [0, 0.1) is 20.8 Å². The smallest absolute Gasteiger partial charge is 0.205 e. The van der Waals surface area contributed by atoms with Gasteiger partial charge in [0, 0.05) is 50.6 Å². The van der Waals surface area contributed by atoms with Crippen molar-refractivity contribution in [3.63, 3.8) is 0 Å². The van der Waals surface area contributed by atoms with Crippen molar-refractivity contribution >= 4 is 12.2 Å². The number of hydrogen-bond donors (Lipinski definition) is 0. The first-order valence-electron chi connectivity index (χ1n) is 9.89. The molecule has 0 radical (unpaired) electrons. The van der Waals surface area contributed by atoms with Gasteiger partial charge in [0.15, 0.2) is 0 Å². The molecule has 0 aliphatic carbocycles. The number of aryl methyl sites for hydroxylation is 2. The Morgan fingerprint density at radius 3 is 2.07 bits per heavy atom. The van der Waals surface area contributed by atoms with E-state index in [-0.39, 0.29) is 0 Å². The maximum atomic E-state index is 6.01. The van der Waals surface area contributed by atoms with Gasteiger partial charge in [-0.2, -0.15) is 0 Å². The molecule has 0 aromatic carbocycles. The summed E-state index contributed by atoms with van der Waals surface area (Å²) in [5.74, 6) is 0.348. The molecule has 2 aromatic heterocycles. The maximum Gasteiger partial charge on any atom is 0.205 e. The summed E-state index contributed by atoms with van der Waals surface area (Å²) in [6.45, 7) is 14.6. The molecule has 6 nitrogen and oxygen atoms in total. The molecule has 6 heteroatoms. The van der Waals surface area contributed by atoms with E-state index in [4.69, 9.17) is 23.9 Å². The number of rotatable bonds is 2. The largest absolute Gasteiger partial charge is 0.461 e. The predicted molar refractivity (Wildman–Crippen MR) is 111 cm³/mol. The lowest BCUT2D eigenvalue weighted by molar-refractivity contribution is -0.181. The minimum atomic E-state index is -0.650. The van der Waals surface area contributed by atoms with E-state index in [2.05, 4.69) is 4.98 Å². The normalized spacial score (nSPS) is 19.3. The third kappa shape index (κ3) is 3.74. The summed E-state index contributed by atoms with van der Waals surface area (Å²) in [5.41, 5.74) is 6.69. The van der Waals surface area contributed by atoms with Crippen LogP contribution >= 0.6 is 0 Å². The molecule has 0 fully saturated rings. The van der Waals surface area contributed by atoms with E-state index in [9.17, 15) is 0 Å². The first-order valence-corrected chi connectivity index (χ1v) is 9.89. The van der Waals surface area contributed by atoms with Gasteiger partial charge in [-0.3, -0.25) is 4.98 Å². The van der Waals surface area contributed by atoms with E-state index in [1.165, 1.54) is 0 Å². The third-order valence-corrected chi connectivity index (χ3v) is 5.32. The second kappa shape index (κ2) is 6.82. The molecular weight excluding hydrogens is 368 g/mol. The van der Waals surface area contributed by atoms with Crippen LogP contribution in [0.1, 0.15) is 67.0 Å². The summed E-state index contributed by atoms with van der Waals surface area (Å²) >= 11 is 0. The van der Waals surface area contributed by atoms with Crippen LogP contribution in [0.25, 0.3) is 12.2 Å². The van der Waals surface area contributed by atoms with Crippen molar-refractivity contribution < 1.29 is 18.9 Å². The van der Waals surface area contributed by atoms with Gasteiger partial charge in [0.05, 0.1) is 30.3 Å². The molecule has 154 valence electrons.